The molecule has 0 unspecified atom stereocenters. The molecule has 1 aliphatic heterocycles. The Hall–Kier alpha value is -2.38. The standard InChI is InChI=1S/C24H34N4O3/c1-3-4-10-31-24-17(6-5-7-22(24)30-2)14-28-15-18-11-20(21(29)12-19(18)16-28)27-23-13-25-8-9-26-23/h5-9,13,18-21,29H,3-4,10-12,14-16H2,1-2H3,(H,26,27)/t18-,19+,20-,21-/m1/s1. The number of anilines is 1. The number of fused-ring (bicyclic) bond motifs is 1. The van der Waals surface area contributed by atoms with Gasteiger partial charge in [-0.1, -0.05) is 25.5 Å². The number of methoxy groups -OCH3 is 1. The van der Waals surface area contributed by atoms with Crippen LogP contribution in [0.3, 0.4) is 0 Å². The molecule has 168 valence electrons. The summed E-state index contributed by atoms with van der Waals surface area (Å²) in [6.45, 7) is 5.74. The highest BCUT2D eigenvalue weighted by molar-refractivity contribution is 5.46. The second-order valence-corrected chi connectivity index (χ2v) is 8.75. The minimum atomic E-state index is -0.368. The number of benzene rings is 1. The van der Waals surface area contributed by atoms with Crippen molar-refractivity contribution in [2.45, 2.75) is 51.3 Å². The average Bonchev–Trinajstić information content (AvgIpc) is 3.16. The average molecular weight is 427 g/mol. The van der Waals surface area contributed by atoms with E-state index in [0.717, 1.165) is 62.6 Å². The molecule has 4 rings (SSSR count). The van der Waals surface area contributed by atoms with Gasteiger partial charge in [-0.25, -0.2) is 4.98 Å². The van der Waals surface area contributed by atoms with Crippen molar-refractivity contribution in [1.82, 2.24) is 14.9 Å². The molecule has 31 heavy (non-hydrogen) atoms. The highest BCUT2D eigenvalue weighted by Crippen LogP contribution is 2.39. The molecule has 1 saturated heterocycles. The van der Waals surface area contributed by atoms with Crippen molar-refractivity contribution in [3.05, 3.63) is 42.4 Å². The van der Waals surface area contributed by atoms with Crippen LogP contribution in [-0.2, 0) is 6.54 Å². The molecule has 2 aliphatic rings. The monoisotopic (exact) mass is 426 g/mol. The van der Waals surface area contributed by atoms with E-state index in [1.165, 1.54) is 5.56 Å². The number of nitrogens with zero attached hydrogens (tertiary/aromatic N) is 3. The lowest BCUT2D eigenvalue weighted by Gasteiger charge is -2.35. The summed E-state index contributed by atoms with van der Waals surface area (Å²) in [5.74, 6) is 3.48. The molecular formula is C24H34N4O3. The number of unbranched alkanes of at least 4 members (excludes halogenated alkanes) is 1. The Kier molecular flexibility index (Phi) is 7.25. The Morgan fingerprint density at radius 2 is 2.03 bits per heavy atom. The van der Waals surface area contributed by atoms with Gasteiger partial charge in [0.25, 0.3) is 0 Å². The van der Waals surface area contributed by atoms with Crippen molar-refractivity contribution in [2.24, 2.45) is 11.8 Å². The first kappa shape index (κ1) is 21.8. The fourth-order valence-electron chi connectivity index (χ4n) is 4.95. The van der Waals surface area contributed by atoms with Gasteiger partial charge in [0, 0.05) is 37.6 Å². The number of hydrogen-bond acceptors (Lipinski definition) is 7. The van der Waals surface area contributed by atoms with E-state index in [1.54, 1.807) is 25.7 Å². The number of para-hydroxylation sites is 1. The van der Waals surface area contributed by atoms with Gasteiger partial charge >= 0.3 is 0 Å². The van der Waals surface area contributed by atoms with Gasteiger partial charge in [0.1, 0.15) is 5.82 Å². The van der Waals surface area contributed by atoms with Crippen molar-refractivity contribution in [2.75, 3.05) is 32.1 Å². The molecule has 1 aromatic heterocycles. The van der Waals surface area contributed by atoms with Crippen LogP contribution in [0.25, 0.3) is 0 Å². The summed E-state index contributed by atoms with van der Waals surface area (Å²) in [4.78, 5) is 10.9. The molecule has 0 bridgehead atoms. The van der Waals surface area contributed by atoms with E-state index in [4.69, 9.17) is 9.47 Å². The van der Waals surface area contributed by atoms with Crippen LogP contribution in [0.4, 0.5) is 5.82 Å². The van der Waals surface area contributed by atoms with Crippen molar-refractivity contribution in [3.63, 3.8) is 0 Å². The minimum absolute atomic E-state index is 0.0163. The molecular weight excluding hydrogens is 392 g/mol. The summed E-state index contributed by atoms with van der Waals surface area (Å²) in [6.07, 6.45) is 8.57. The highest BCUT2D eigenvalue weighted by Gasteiger charge is 2.41. The summed E-state index contributed by atoms with van der Waals surface area (Å²) >= 11 is 0. The number of nitrogens with one attached hydrogen (secondary N) is 1. The van der Waals surface area contributed by atoms with Crippen LogP contribution >= 0.6 is 0 Å². The Morgan fingerprint density at radius 1 is 1.19 bits per heavy atom. The van der Waals surface area contributed by atoms with E-state index < -0.39 is 0 Å². The summed E-state index contributed by atoms with van der Waals surface area (Å²) in [7, 11) is 1.70. The number of aromatic nitrogens is 2. The Morgan fingerprint density at radius 3 is 2.77 bits per heavy atom. The van der Waals surface area contributed by atoms with Crippen LogP contribution in [0.5, 0.6) is 11.5 Å². The largest absolute Gasteiger partial charge is 0.493 e. The predicted molar refractivity (Wildman–Crippen MR) is 120 cm³/mol. The lowest BCUT2D eigenvalue weighted by molar-refractivity contribution is 0.0735. The Balaban J connectivity index is 1.40. The van der Waals surface area contributed by atoms with Gasteiger partial charge in [0.05, 0.1) is 32.1 Å². The van der Waals surface area contributed by atoms with Gasteiger partial charge in [-0.2, -0.15) is 0 Å². The highest BCUT2D eigenvalue weighted by atomic mass is 16.5. The number of likely N-dealkylation sites (tertiary alicyclic amines) is 1. The van der Waals surface area contributed by atoms with Crippen LogP contribution in [0.2, 0.25) is 0 Å². The maximum Gasteiger partial charge on any atom is 0.165 e. The van der Waals surface area contributed by atoms with Gasteiger partial charge in [0.2, 0.25) is 0 Å². The summed E-state index contributed by atoms with van der Waals surface area (Å²) < 4.78 is 11.7. The maximum atomic E-state index is 10.7. The van der Waals surface area contributed by atoms with Crippen molar-refractivity contribution >= 4 is 5.82 Å². The smallest absolute Gasteiger partial charge is 0.165 e. The van der Waals surface area contributed by atoms with E-state index in [9.17, 15) is 5.11 Å². The van der Waals surface area contributed by atoms with Crippen molar-refractivity contribution in [3.8, 4) is 11.5 Å². The van der Waals surface area contributed by atoms with Crippen LogP contribution < -0.4 is 14.8 Å². The van der Waals surface area contributed by atoms with Gasteiger partial charge < -0.3 is 19.9 Å². The van der Waals surface area contributed by atoms with Gasteiger partial charge in [-0.05, 0) is 37.2 Å². The van der Waals surface area contributed by atoms with Crippen molar-refractivity contribution in [1.29, 1.82) is 0 Å². The molecule has 2 N–H and O–H groups in total. The number of rotatable bonds is 9. The lowest BCUT2D eigenvalue weighted by atomic mass is 9.77. The van der Waals surface area contributed by atoms with E-state index in [-0.39, 0.29) is 12.1 Å². The molecule has 0 spiro atoms. The SMILES string of the molecule is CCCCOc1c(CN2C[C@H]3C[C@@H](Nc4cnccn4)[C@H](O)C[C@H]3C2)cccc1OC. The first-order valence-corrected chi connectivity index (χ1v) is 11.4. The predicted octanol–water partition coefficient (Wildman–Crippen LogP) is 3.35. The minimum Gasteiger partial charge on any atom is -0.493 e. The second-order valence-electron chi connectivity index (χ2n) is 8.75. The summed E-state index contributed by atoms with van der Waals surface area (Å²) in [5, 5.41) is 14.1. The molecule has 1 aromatic carbocycles. The van der Waals surface area contributed by atoms with Gasteiger partial charge in [0.15, 0.2) is 11.5 Å². The van der Waals surface area contributed by atoms with Gasteiger partial charge in [-0.15, -0.1) is 0 Å². The van der Waals surface area contributed by atoms with Gasteiger partial charge in [-0.3, -0.25) is 9.88 Å². The number of aliphatic hydroxyl groups is 1. The van der Waals surface area contributed by atoms with Crippen LogP contribution in [0.1, 0.15) is 38.2 Å². The number of aliphatic hydroxyl groups excluding tert-OH is 1. The molecule has 7 heteroatoms. The van der Waals surface area contributed by atoms with E-state index in [1.807, 2.05) is 12.1 Å². The lowest BCUT2D eigenvalue weighted by Crippen LogP contribution is -2.43. The number of ether oxygens (including phenoxy) is 2. The fourth-order valence-corrected chi connectivity index (χ4v) is 4.95. The third kappa shape index (κ3) is 5.28. The molecule has 7 nitrogen and oxygen atoms in total. The van der Waals surface area contributed by atoms with Crippen LogP contribution in [0, 0.1) is 11.8 Å². The Labute approximate surface area is 184 Å². The second kappa shape index (κ2) is 10.3. The molecule has 0 radical (unpaired) electrons. The normalized spacial score (nSPS) is 25.8. The molecule has 1 aliphatic carbocycles. The summed E-state index contributed by atoms with van der Waals surface area (Å²) in [6, 6.07) is 6.16. The zero-order valence-corrected chi connectivity index (χ0v) is 18.5. The van der Waals surface area contributed by atoms with E-state index in [2.05, 4.69) is 33.2 Å². The first-order valence-electron chi connectivity index (χ1n) is 11.4. The van der Waals surface area contributed by atoms with Crippen LogP contribution in [0.15, 0.2) is 36.8 Å². The molecule has 0 amide bonds. The number of hydrogen-bond donors (Lipinski definition) is 2. The van der Waals surface area contributed by atoms with Crippen molar-refractivity contribution < 1.29 is 14.6 Å². The zero-order chi connectivity index (χ0) is 21.6. The van der Waals surface area contributed by atoms with E-state index in [0.29, 0.717) is 18.4 Å². The molecule has 2 heterocycles. The third-order valence-electron chi connectivity index (χ3n) is 6.53. The van der Waals surface area contributed by atoms with E-state index >= 15 is 0 Å². The Bertz CT molecular complexity index is 835. The molecule has 1 saturated carbocycles. The quantitative estimate of drug-likeness (QED) is 0.595. The molecule has 2 fully saturated rings. The fraction of sp³-hybridized carbons (Fsp3) is 0.583. The molecule has 2 aromatic rings. The van der Waals surface area contributed by atoms with Crippen LogP contribution in [-0.4, -0.2) is 58.9 Å². The first-order chi connectivity index (χ1) is 15.2. The molecule has 4 atom stereocenters. The zero-order valence-electron chi connectivity index (χ0n) is 18.5. The maximum absolute atomic E-state index is 10.7. The third-order valence-corrected chi connectivity index (χ3v) is 6.53. The summed E-state index contributed by atoms with van der Waals surface area (Å²) in [5.41, 5.74) is 1.17. The topological polar surface area (TPSA) is 79.7 Å².